The predicted octanol–water partition coefficient (Wildman–Crippen LogP) is 10.5. The Morgan fingerprint density at radius 3 is 1.31 bits per heavy atom. The SMILES string of the molecule is N#Cc1ccc(P(c2ccc(C#N)cc2)c2ccc3c4c(cccc24)-c2c-3c(-c3ccccc3)c3ccccc3c2-c2ccccc2)cc1. The first kappa shape index (κ1) is 28.9. The van der Waals surface area contributed by atoms with Gasteiger partial charge in [0.15, 0.2) is 0 Å². The minimum Gasteiger partial charge on any atom is -0.192 e. The van der Waals surface area contributed by atoms with Crippen molar-refractivity contribution in [1.29, 1.82) is 10.5 Å². The molecule has 0 radical (unpaired) electrons. The molecule has 0 unspecified atom stereocenters. The van der Waals surface area contributed by atoms with Gasteiger partial charge in [0.05, 0.1) is 23.3 Å². The van der Waals surface area contributed by atoms with E-state index >= 15 is 0 Å². The molecule has 0 N–H and O–H groups in total. The summed E-state index contributed by atoms with van der Waals surface area (Å²) in [5.74, 6) is 0. The summed E-state index contributed by atoms with van der Waals surface area (Å²) in [5, 5.41) is 27.7. The van der Waals surface area contributed by atoms with Crippen LogP contribution >= 0.6 is 7.92 Å². The molecule has 0 amide bonds. The smallest absolute Gasteiger partial charge is 0.0991 e. The zero-order valence-corrected chi connectivity index (χ0v) is 27.3. The minimum atomic E-state index is -1.01. The molecule has 0 bridgehead atoms. The first-order valence-electron chi connectivity index (χ1n) is 16.3. The van der Waals surface area contributed by atoms with Gasteiger partial charge in [0.1, 0.15) is 0 Å². The molecule has 3 heteroatoms. The third-order valence-corrected chi connectivity index (χ3v) is 12.1. The maximum atomic E-state index is 9.56. The summed E-state index contributed by atoms with van der Waals surface area (Å²) in [6.45, 7) is 0. The number of fused-ring (bicyclic) bond motifs is 4. The van der Waals surface area contributed by atoms with Crippen molar-refractivity contribution in [3.63, 3.8) is 0 Å². The molecule has 0 saturated carbocycles. The summed E-state index contributed by atoms with van der Waals surface area (Å²) >= 11 is 0. The van der Waals surface area contributed by atoms with Crippen LogP contribution in [0.3, 0.4) is 0 Å². The van der Waals surface area contributed by atoms with Crippen LogP contribution in [0, 0.1) is 22.7 Å². The fourth-order valence-corrected chi connectivity index (χ4v) is 9.99. The second-order valence-electron chi connectivity index (χ2n) is 12.3. The number of rotatable bonds is 5. The molecule has 0 aliphatic heterocycles. The quantitative estimate of drug-likeness (QED) is 0.176. The van der Waals surface area contributed by atoms with Crippen molar-refractivity contribution in [2.24, 2.45) is 0 Å². The lowest BCUT2D eigenvalue weighted by atomic mass is 9.82. The van der Waals surface area contributed by atoms with Crippen LogP contribution in [0.1, 0.15) is 11.1 Å². The largest absolute Gasteiger partial charge is 0.192 e. The van der Waals surface area contributed by atoms with Gasteiger partial charge in [-0.2, -0.15) is 10.5 Å². The van der Waals surface area contributed by atoms with Gasteiger partial charge in [0.25, 0.3) is 0 Å². The van der Waals surface area contributed by atoms with Gasteiger partial charge in [-0.25, -0.2) is 0 Å². The van der Waals surface area contributed by atoms with Gasteiger partial charge in [-0.15, -0.1) is 0 Å². The van der Waals surface area contributed by atoms with Crippen LogP contribution in [-0.4, -0.2) is 0 Å². The highest BCUT2D eigenvalue weighted by Crippen LogP contribution is 2.58. The van der Waals surface area contributed by atoms with E-state index in [9.17, 15) is 10.5 Å². The molecule has 1 aliphatic rings. The normalized spacial score (nSPS) is 11.4. The van der Waals surface area contributed by atoms with Gasteiger partial charge in [0, 0.05) is 0 Å². The maximum absolute atomic E-state index is 9.56. The number of benzene rings is 8. The van der Waals surface area contributed by atoms with Crippen LogP contribution in [0.4, 0.5) is 0 Å². The molecule has 0 saturated heterocycles. The van der Waals surface area contributed by atoms with Crippen molar-refractivity contribution in [2.75, 3.05) is 0 Å². The van der Waals surface area contributed by atoms with E-state index in [-0.39, 0.29) is 0 Å². The lowest BCUT2D eigenvalue weighted by Gasteiger charge is -2.22. The van der Waals surface area contributed by atoms with Gasteiger partial charge in [-0.1, -0.05) is 140 Å². The lowest BCUT2D eigenvalue weighted by molar-refractivity contribution is 1.49. The van der Waals surface area contributed by atoms with Gasteiger partial charge in [-0.3, -0.25) is 0 Å². The predicted molar refractivity (Wildman–Crippen MR) is 205 cm³/mol. The molecule has 2 nitrogen and oxygen atoms in total. The standard InChI is InChI=1S/C46H27N2P/c47-28-30-18-22-34(23-19-30)49(35-24-20-31(29-48)21-25-35)41-27-26-40-44-38(41)16-9-17-39(44)45-42(32-10-3-1-4-11-32)36-14-7-8-15-37(36)43(46(40)45)33-12-5-2-6-13-33/h1-27H. The van der Waals surface area contributed by atoms with Crippen LogP contribution in [-0.2, 0) is 0 Å². The fourth-order valence-electron chi connectivity index (χ4n) is 7.59. The van der Waals surface area contributed by atoms with Crippen molar-refractivity contribution in [3.05, 3.63) is 175 Å². The average Bonchev–Trinajstić information content (AvgIpc) is 3.50. The Morgan fingerprint density at radius 2 is 0.816 bits per heavy atom. The number of hydrogen-bond acceptors (Lipinski definition) is 2. The molecule has 0 fully saturated rings. The third-order valence-electron chi connectivity index (χ3n) is 9.65. The zero-order valence-electron chi connectivity index (χ0n) is 26.4. The van der Waals surface area contributed by atoms with Gasteiger partial charge in [0.2, 0.25) is 0 Å². The van der Waals surface area contributed by atoms with Gasteiger partial charge >= 0.3 is 0 Å². The van der Waals surface area contributed by atoms with E-state index in [1.54, 1.807) is 0 Å². The van der Waals surface area contributed by atoms with E-state index in [4.69, 9.17) is 0 Å². The van der Waals surface area contributed by atoms with E-state index in [0.29, 0.717) is 11.1 Å². The highest BCUT2D eigenvalue weighted by molar-refractivity contribution is 7.80. The number of hydrogen-bond donors (Lipinski definition) is 0. The lowest BCUT2D eigenvalue weighted by Crippen LogP contribution is -2.21. The molecular formula is C46H27N2P. The highest BCUT2D eigenvalue weighted by Gasteiger charge is 2.32. The fraction of sp³-hybridized carbons (Fsp3) is 0. The average molecular weight is 639 g/mol. The van der Waals surface area contributed by atoms with E-state index < -0.39 is 7.92 Å². The van der Waals surface area contributed by atoms with Gasteiger partial charge in [-0.05, 0) is 114 Å². The molecule has 49 heavy (non-hydrogen) atoms. The second kappa shape index (κ2) is 11.7. The van der Waals surface area contributed by atoms with Crippen molar-refractivity contribution in [3.8, 4) is 56.6 Å². The van der Waals surface area contributed by atoms with Crippen LogP contribution < -0.4 is 15.9 Å². The summed E-state index contributed by atoms with van der Waals surface area (Å²) in [7, 11) is -1.01. The molecule has 0 spiro atoms. The summed E-state index contributed by atoms with van der Waals surface area (Å²) in [5.41, 5.74) is 11.3. The summed E-state index contributed by atoms with van der Waals surface area (Å²) in [6.07, 6.45) is 0. The Morgan fingerprint density at radius 1 is 0.367 bits per heavy atom. The third kappa shape index (κ3) is 4.58. The maximum Gasteiger partial charge on any atom is 0.0991 e. The summed E-state index contributed by atoms with van der Waals surface area (Å²) in [4.78, 5) is 0. The van der Waals surface area contributed by atoms with Crippen LogP contribution in [0.2, 0.25) is 0 Å². The second-order valence-corrected chi connectivity index (χ2v) is 14.5. The Hall–Kier alpha value is -6.31. The molecule has 0 atom stereocenters. The summed E-state index contributed by atoms with van der Waals surface area (Å²) < 4.78 is 0. The van der Waals surface area contributed by atoms with E-state index in [2.05, 4.69) is 152 Å². The number of nitriles is 2. The first-order valence-corrected chi connectivity index (χ1v) is 17.7. The Labute approximate surface area is 286 Å². The van der Waals surface area contributed by atoms with Crippen LogP contribution in [0.5, 0.6) is 0 Å². The molecule has 8 aromatic carbocycles. The van der Waals surface area contributed by atoms with E-state index in [1.807, 2.05) is 24.3 Å². The molecule has 0 heterocycles. The van der Waals surface area contributed by atoms with E-state index in [0.717, 1.165) is 10.6 Å². The van der Waals surface area contributed by atoms with Crippen molar-refractivity contribution >= 4 is 45.4 Å². The summed E-state index contributed by atoms with van der Waals surface area (Å²) in [6, 6.07) is 62.4. The molecular weight excluding hydrogens is 611 g/mol. The zero-order chi connectivity index (χ0) is 32.9. The van der Waals surface area contributed by atoms with Crippen molar-refractivity contribution < 1.29 is 0 Å². The number of nitrogens with zero attached hydrogens (tertiary/aromatic N) is 2. The van der Waals surface area contributed by atoms with Crippen LogP contribution in [0.15, 0.2) is 164 Å². The first-order chi connectivity index (χ1) is 24.2. The molecule has 0 aromatic heterocycles. The highest BCUT2D eigenvalue weighted by atomic mass is 31.1. The minimum absolute atomic E-state index is 0.642. The van der Waals surface area contributed by atoms with Gasteiger partial charge < -0.3 is 0 Å². The van der Waals surface area contributed by atoms with Crippen molar-refractivity contribution in [1.82, 2.24) is 0 Å². The molecule has 226 valence electrons. The van der Waals surface area contributed by atoms with Crippen LogP contribution in [0.25, 0.3) is 66.1 Å². The Kier molecular flexibility index (Phi) is 6.92. The Bertz CT molecular complexity index is 2500. The molecule has 9 rings (SSSR count). The topological polar surface area (TPSA) is 47.6 Å². The monoisotopic (exact) mass is 638 g/mol. The Balaban J connectivity index is 1.39. The molecule has 1 aliphatic carbocycles. The van der Waals surface area contributed by atoms with Crippen molar-refractivity contribution in [2.45, 2.75) is 0 Å². The van der Waals surface area contributed by atoms with E-state index in [1.165, 1.54) is 71.4 Å². The molecule has 8 aromatic rings.